The van der Waals surface area contributed by atoms with E-state index in [1.165, 1.54) is 0 Å². The molecule has 2 aromatic carbocycles. The molecule has 0 aliphatic heterocycles. The van der Waals surface area contributed by atoms with Crippen LogP contribution in [0, 0.1) is 5.92 Å². The van der Waals surface area contributed by atoms with Crippen LogP contribution in [0.4, 0.5) is 5.82 Å². The van der Waals surface area contributed by atoms with Gasteiger partial charge in [0.05, 0.1) is 6.04 Å². The first-order chi connectivity index (χ1) is 15.4. The van der Waals surface area contributed by atoms with Gasteiger partial charge in [-0.25, -0.2) is 4.98 Å². The van der Waals surface area contributed by atoms with Crippen molar-refractivity contribution < 1.29 is 9.59 Å². The number of nitrogens with two attached hydrogens (primary N) is 2. The first-order valence-electron chi connectivity index (χ1n) is 10.9. The molecule has 0 aliphatic rings. The molecule has 7 nitrogen and oxygen atoms in total. The SMILES string of the molecule is CCC(C)[C@H](N)C(=O)N[C@H](Cc1ccc2ccccc2c1)C(=O)NCc1ccc(N)nc1. The number of hydrogen-bond acceptors (Lipinski definition) is 5. The minimum atomic E-state index is -0.750. The standard InChI is InChI=1S/C25H31N5O2/c1-3-16(2)23(27)25(32)30-21(24(31)29-15-18-9-11-22(26)28-14-18)13-17-8-10-19-6-4-5-7-20(19)12-17/h4-12,14,16,21,23H,3,13,15,27H2,1-2H3,(H2,26,28)(H,29,31)(H,30,32)/t16?,21-,23+/m1/s1. The second kappa shape index (κ2) is 10.7. The predicted molar refractivity (Wildman–Crippen MR) is 128 cm³/mol. The van der Waals surface area contributed by atoms with Crippen LogP contribution in [0.3, 0.4) is 0 Å². The molecular weight excluding hydrogens is 402 g/mol. The Morgan fingerprint density at radius 3 is 2.41 bits per heavy atom. The zero-order valence-electron chi connectivity index (χ0n) is 18.5. The van der Waals surface area contributed by atoms with Gasteiger partial charge in [-0.2, -0.15) is 0 Å². The number of carbonyl (C=O) groups is 2. The van der Waals surface area contributed by atoms with E-state index in [-0.39, 0.29) is 24.3 Å². The third kappa shape index (κ3) is 6.04. The number of carbonyl (C=O) groups excluding carboxylic acids is 2. The van der Waals surface area contributed by atoms with Crippen molar-refractivity contribution in [2.45, 2.75) is 45.3 Å². The molecule has 3 aromatic rings. The number of nitrogens with one attached hydrogen (secondary N) is 2. The molecule has 1 heterocycles. The van der Waals surface area contributed by atoms with Crippen molar-refractivity contribution in [3.63, 3.8) is 0 Å². The Kier molecular flexibility index (Phi) is 7.78. The van der Waals surface area contributed by atoms with Crippen molar-refractivity contribution in [1.29, 1.82) is 0 Å². The first kappa shape index (κ1) is 23.2. The van der Waals surface area contributed by atoms with Crippen LogP contribution < -0.4 is 22.1 Å². The van der Waals surface area contributed by atoms with Gasteiger partial charge in [-0.3, -0.25) is 9.59 Å². The molecule has 0 radical (unpaired) electrons. The number of hydrogen-bond donors (Lipinski definition) is 4. The van der Waals surface area contributed by atoms with Crippen LogP contribution in [0.1, 0.15) is 31.4 Å². The van der Waals surface area contributed by atoms with Crippen LogP contribution >= 0.6 is 0 Å². The molecule has 3 atom stereocenters. The van der Waals surface area contributed by atoms with Gasteiger partial charge in [0, 0.05) is 19.2 Å². The van der Waals surface area contributed by atoms with Crippen molar-refractivity contribution in [2.75, 3.05) is 5.73 Å². The number of pyridine rings is 1. The van der Waals surface area contributed by atoms with Crippen molar-refractivity contribution in [3.8, 4) is 0 Å². The van der Waals surface area contributed by atoms with Gasteiger partial charge in [-0.1, -0.05) is 68.8 Å². The summed E-state index contributed by atoms with van der Waals surface area (Å²) in [5.74, 6) is -0.171. The summed E-state index contributed by atoms with van der Waals surface area (Å²) < 4.78 is 0. The van der Waals surface area contributed by atoms with Gasteiger partial charge < -0.3 is 22.1 Å². The molecule has 7 heteroatoms. The minimum absolute atomic E-state index is 0.0141. The fourth-order valence-corrected chi connectivity index (χ4v) is 3.44. The van der Waals surface area contributed by atoms with Crippen LogP contribution in [0.5, 0.6) is 0 Å². The fourth-order valence-electron chi connectivity index (χ4n) is 3.44. The van der Waals surface area contributed by atoms with E-state index >= 15 is 0 Å². The van der Waals surface area contributed by atoms with E-state index in [0.29, 0.717) is 12.2 Å². The maximum absolute atomic E-state index is 13.0. The molecule has 3 rings (SSSR count). The molecule has 2 amide bonds. The quantitative estimate of drug-likeness (QED) is 0.413. The molecule has 32 heavy (non-hydrogen) atoms. The smallest absolute Gasteiger partial charge is 0.243 e. The maximum Gasteiger partial charge on any atom is 0.243 e. The number of fused-ring (bicyclic) bond motifs is 1. The lowest BCUT2D eigenvalue weighted by Crippen LogP contribution is -2.53. The molecule has 168 valence electrons. The van der Waals surface area contributed by atoms with Gasteiger partial charge in [-0.15, -0.1) is 0 Å². The third-order valence-corrected chi connectivity index (χ3v) is 5.76. The summed E-state index contributed by atoms with van der Waals surface area (Å²) in [5.41, 5.74) is 13.5. The van der Waals surface area contributed by atoms with E-state index in [4.69, 9.17) is 11.5 Å². The number of aromatic nitrogens is 1. The highest BCUT2D eigenvalue weighted by molar-refractivity contribution is 5.90. The number of nitrogen functional groups attached to an aromatic ring is 1. The normalized spacial score (nSPS) is 13.8. The van der Waals surface area contributed by atoms with E-state index in [2.05, 4.69) is 15.6 Å². The van der Waals surface area contributed by atoms with E-state index in [1.807, 2.05) is 56.3 Å². The van der Waals surface area contributed by atoms with Gasteiger partial charge in [-0.05, 0) is 33.9 Å². The van der Waals surface area contributed by atoms with Crippen molar-refractivity contribution in [2.24, 2.45) is 11.7 Å². The summed E-state index contributed by atoms with van der Waals surface area (Å²) in [6.07, 6.45) is 2.75. The summed E-state index contributed by atoms with van der Waals surface area (Å²) in [4.78, 5) is 29.8. The monoisotopic (exact) mass is 433 g/mol. The molecule has 0 spiro atoms. The van der Waals surface area contributed by atoms with Gasteiger partial charge in [0.15, 0.2) is 0 Å². The lowest BCUT2D eigenvalue weighted by Gasteiger charge is -2.23. The summed E-state index contributed by atoms with van der Waals surface area (Å²) >= 11 is 0. The number of nitrogens with zero attached hydrogens (tertiary/aromatic N) is 1. The minimum Gasteiger partial charge on any atom is -0.384 e. The van der Waals surface area contributed by atoms with E-state index in [0.717, 1.165) is 28.3 Å². The van der Waals surface area contributed by atoms with E-state index in [9.17, 15) is 9.59 Å². The fraction of sp³-hybridized carbons (Fsp3) is 0.320. The molecular formula is C25H31N5O2. The van der Waals surface area contributed by atoms with Crippen molar-refractivity contribution in [1.82, 2.24) is 15.6 Å². The average molecular weight is 434 g/mol. The zero-order chi connectivity index (χ0) is 23.1. The molecule has 0 saturated carbocycles. The van der Waals surface area contributed by atoms with Crippen molar-refractivity contribution in [3.05, 3.63) is 71.9 Å². The van der Waals surface area contributed by atoms with Crippen LogP contribution in [0.2, 0.25) is 0 Å². The van der Waals surface area contributed by atoms with Crippen LogP contribution in [-0.2, 0) is 22.6 Å². The zero-order valence-corrected chi connectivity index (χ0v) is 18.5. The summed E-state index contributed by atoms with van der Waals surface area (Å²) in [5, 5.41) is 7.95. The topological polar surface area (TPSA) is 123 Å². The number of rotatable bonds is 9. The lowest BCUT2D eigenvalue weighted by atomic mass is 9.97. The Labute approximate surface area is 188 Å². The van der Waals surface area contributed by atoms with Gasteiger partial charge in [0.1, 0.15) is 11.9 Å². The Hall–Kier alpha value is -3.45. The van der Waals surface area contributed by atoms with E-state index < -0.39 is 12.1 Å². The Balaban J connectivity index is 1.76. The highest BCUT2D eigenvalue weighted by atomic mass is 16.2. The Morgan fingerprint density at radius 1 is 1.00 bits per heavy atom. The summed E-state index contributed by atoms with van der Waals surface area (Å²) in [6.45, 7) is 4.20. The molecule has 1 unspecified atom stereocenters. The van der Waals surface area contributed by atoms with Crippen LogP contribution in [0.15, 0.2) is 60.8 Å². The Bertz CT molecular complexity index is 1070. The highest BCUT2D eigenvalue weighted by Gasteiger charge is 2.26. The Morgan fingerprint density at radius 2 is 1.72 bits per heavy atom. The highest BCUT2D eigenvalue weighted by Crippen LogP contribution is 2.17. The second-order valence-electron chi connectivity index (χ2n) is 8.17. The number of benzene rings is 2. The van der Waals surface area contributed by atoms with Crippen molar-refractivity contribution >= 4 is 28.4 Å². The summed E-state index contributed by atoms with van der Waals surface area (Å²) in [7, 11) is 0. The van der Waals surface area contributed by atoms with Crippen LogP contribution in [0.25, 0.3) is 10.8 Å². The molecule has 0 aliphatic carbocycles. The second-order valence-corrected chi connectivity index (χ2v) is 8.17. The number of amides is 2. The van der Waals surface area contributed by atoms with Crippen LogP contribution in [-0.4, -0.2) is 28.9 Å². The number of anilines is 1. The lowest BCUT2D eigenvalue weighted by molar-refractivity contribution is -0.130. The molecule has 1 aromatic heterocycles. The maximum atomic E-state index is 13.0. The predicted octanol–water partition coefficient (Wildman–Crippen LogP) is 2.53. The molecule has 0 saturated heterocycles. The van der Waals surface area contributed by atoms with Gasteiger partial charge in [0.25, 0.3) is 0 Å². The molecule has 0 fully saturated rings. The molecule has 6 N–H and O–H groups in total. The first-order valence-corrected chi connectivity index (χ1v) is 10.9. The summed E-state index contributed by atoms with van der Waals surface area (Å²) in [6, 6.07) is 16.1. The van der Waals surface area contributed by atoms with Gasteiger partial charge in [0.2, 0.25) is 11.8 Å². The third-order valence-electron chi connectivity index (χ3n) is 5.76. The van der Waals surface area contributed by atoms with E-state index in [1.54, 1.807) is 18.3 Å². The largest absolute Gasteiger partial charge is 0.384 e. The molecule has 0 bridgehead atoms. The average Bonchev–Trinajstić information content (AvgIpc) is 2.81. The van der Waals surface area contributed by atoms with Gasteiger partial charge >= 0.3 is 0 Å².